The van der Waals surface area contributed by atoms with Crippen molar-refractivity contribution in [1.82, 2.24) is 0 Å². The molecule has 2 unspecified atom stereocenters. The van der Waals surface area contributed by atoms with Gasteiger partial charge in [-0.25, -0.2) is 4.79 Å². The lowest BCUT2D eigenvalue weighted by Crippen LogP contribution is -2.40. The zero-order valence-electron chi connectivity index (χ0n) is 39.6. The van der Waals surface area contributed by atoms with Gasteiger partial charge in [-0.3, -0.25) is 9.59 Å². The number of carboxylic acids is 1. The predicted molar refractivity (Wildman–Crippen MR) is 249 cm³/mol. The molecule has 1 N–H and O–H groups in total. The second-order valence-corrected chi connectivity index (χ2v) is 17.8. The Hall–Kier alpha value is -2.49. The molecular formula is C51H94NO8+. The van der Waals surface area contributed by atoms with Gasteiger partial charge >= 0.3 is 17.9 Å². The molecule has 0 spiro atoms. The second kappa shape index (κ2) is 43.2. The summed E-state index contributed by atoms with van der Waals surface area (Å²) in [7, 11) is 5.96. The molecule has 350 valence electrons. The van der Waals surface area contributed by atoms with E-state index in [0.29, 0.717) is 23.9 Å². The summed E-state index contributed by atoms with van der Waals surface area (Å²) in [6.07, 6.45) is 46.2. The summed E-state index contributed by atoms with van der Waals surface area (Å²) in [5.41, 5.74) is 0. The number of unbranched alkanes of at least 4 members (excludes halogenated alkanes) is 24. The number of rotatable bonds is 45. The molecule has 0 saturated carbocycles. The van der Waals surface area contributed by atoms with Gasteiger partial charge in [-0.05, 0) is 51.4 Å². The van der Waals surface area contributed by atoms with Crippen molar-refractivity contribution in [2.75, 3.05) is 47.5 Å². The summed E-state index contributed by atoms with van der Waals surface area (Å²) >= 11 is 0. The van der Waals surface area contributed by atoms with Crippen molar-refractivity contribution in [3.8, 4) is 0 Å². The van der Waals surface area contributed by atoms with Crippen LogP contribution in [0.1, 0.15) is 213 Å². The maximum atomic E-state index is 12.8. The van der Waals surface area contributed by atoms with Crippen LogP contribution in [0.25, 0.3) is 0 Å². The van der Waals surface area contributed by atoms with Crippen molar-refractivity contribution in [3.05, 3.63) is 36.5 Å². The minimum Gasteiger partial charge on any atom is -0.477 e. The van der Waals surface area contributed by atoms with Gasteiger partial charge < -0.3 is 28.5 Å². The molecule has 0 aromatic heterocycles. The first kappa shape index (κ1) is 57.5. The summed E-state index contributed by atoms with van der Waals surface area (Å²) < 4.78 is 22.8. The minimum atomic E-state index is -1.51. The standard InChI is InChI=1S/C51H93NO8/c1-6-8-10-12-14-16-18-20-22-24-25-26-28-30-32-34-36-38-40-42-49(54)60-47(46-59-51(50(55)56)57-44-43-52(3,4)5)45-58-48(53)41-39-37-35-33-31-29-27-23-21-19-17-15-13-11-9-7-2/h14,16,20,22,25-26,47,51H,6-13,15,17-19,21,23-24,27-46H2,1-5H3/p+1/b16-14-,22-20-,26-25-. The van der Waals surface area contributed by atoms with Gasteiger partial charge in [-0.15, -0.1) is 0 Å². The van der Waals surface area contributed by atoms with Crippen LogP contribution in [-0.4, -0.2) is 87.4 Å². The van der Waals surface area contributed by atoms with Crippen LogP contribution < -0.4 is 0 Å². The fourth-order valence-corrected chi connectivity index (χ4v) is 6.78. The summed E-state index contributed by atoms with van der Waals surface area (Å²) in [4.78, 5) is 37.2. The van der Waals surface area contributed by atoms with E-state index < -0.39 is 24.3 Å². The SMILES string of the molecule is CCCCC/C=C\C/C=C\C/C=C\CCCCCCCCC(=O)OC(COC(=O)CCCCCCCCCCCCCCCCCC)COC(OCC[N+](C)(C)C)C(=O)O. The average Bonchev–Trinajstić information content (AvgIpc) is 3.21. The quantitative estimate of drug-likeness (QED) is 0.0212. The van der Waals surface area contributed by atoms with Crippen molar-refractivity contribution in [2.45, 2.75) is 225 Å². The number of carbonyl (C=O) groups is 3. The number of ether oxygens (including phenoxy) is 4. The molecule has 0 aromatic rings. The molecule has 9 heteroatoms. The van der Waals surface area contributed by atoms with Gasteiger partial charge in [0.05, 0.1) is 34.4 Å². The van der Waals surface area contributed by atoms with E-state index in [1.54, 1.807) is 0 Å². The first-order valence-corrected chi connectivity index (χ1v) is 24.7. The normalized spacial score (nSPS) is 13.2. The molecule has 0 bridgehead atoms. The molecule has 60 heavy (non-hydrogen) atoms. The first-order chi connectivity index (χ1) is 29.1. The van der Waals surface area contributed by atoms with Gasteiger partial charge in [0.15, 0.2) is 6.10 Å². The largest absolute Gasteiger partial charge is 0.477 e. The number of hydrogen-bond donors (Lipinski definition) is 1. The summed E-state index contributed by atoms with van der Waals surface area (Å²) in [5.74, 6) is -2.02. The van der Waals surface area contributed by atoms with Crippen LogP contribution in [-0.2, 0) is 33.3 Å². The molecule has 0 rings (SSSR count). The highest BCUT2D eigenvalue weighted by Crippen LogP contribution is 2.15. The third-order valence-electron chi connectivity index (χ3n) is 10.6. The number of quaternary nitrogens is 1. The molecule has 0 aliphatic heterocycles. The number of carbonyl (C=O) groups excluding carboxylic acids is 2. The zero-order valence-corrected chi connectivity index (χ0v) is 39.6. The van der Waals surface area contributed by atoms with Crippen LogP contribution in [0.15, 0.2) is 36.5 Å². The van der Waals surface area contributed by atoms with Crippen molar-refractivity contribution in [3.63, 3.8) is 0 Å². The lowest BCUT2D eigenvalue weighted by molar-refractivity contribution is -0.870. The van der Waals surface area contributed by atoms with Crippen molar-refractivity contribution in [1.29, 1.82) is 0 Å². The number of nitrogens with zero attached hydrogens (tertiary/aromatic N) is 1. The van der Waals surface area contributed by atoms with Crippen LogP contribution in [0.3, 0.4) is 0 Å². The predicted octanol–water partition coefficient (Wildman–Crippen LogP) is 13.4. The lowest BCUT2D eigenvalue weighted by Gasteiger charge is -2.25. The highest BCUT2D eigenvalue weighted by molar-refractivity contribution is 5.71. The third kappa shape index (κ3) is 43.6. The molecule has 0 saturated heterocycles. The summed E-state index contributed by atoms with van der Waals surface area (Å²) in [6.45, 7) is 4.85. The van der Waals surface area contributed by atoms with Gasteiger partial charge in [0.2, 0.25) is 0 Å². The fourth-order valence-electron chi connectivity index (χ4n) is 6.78. The monoisotopic (exact) mass is 849 g/mol. The third-order valence-corrected chi connectivity index (χ3v) is 10.6. The van der Waals surface area contributed by atoms with Gasteiger partial charge in [0, 0.05) is 12.8 Å². The van der Waals surface area contributed by atoms with Crippen LogP contribution in [0.4, 0.5) is 0 Å². The lowest BCUT2D eigenvalue weighted by atomic mass is 10.0. The molecule has 0 fully saturated rings. The van der Waals surface area contributed by atoms with Crippen LogP contribution >= 0.6 is 0 Å². The highest BCUT2D eigenvalue weighted by atomic mass is 16.7. The molecule has 0 heterocycles. The van der Waals surface area contributed by atoms with Crippen LogP contribution in [0, 0.1) is 0 Å². The van der Waals surface area contributed by atoms with Gasteiger partial charge in [0.25, 0.3) is 6.29 Å². The first-order valence-electron chi connectivity index (χ1n) is 24.7. The summed E-state index contributed by atoms with van der Waals surface area (Å²) in [6, 6.07) is 0. The molecule has 0 aromatic carbocycles. The van der Waals surface area contributed by atoms with E-state index >= 15 is 0 Å². The number of esters is 2. The maximum absolute atomic E-state index is 12.8. The van der Waals surface area contributed by atoms with Gasteiger partial charge in [-0.2, -0.15) is 0 Å². The van der Waals surface area contributed by atoms with E-state index in [9.17, 15) is 19.5 Å². The molecule has 0 radical (unpaired) electrons. The Labute approximate surface area is 369 Å². The van der Waals surface area contributed by atoms with Crippen molar-refractivity contribution in [2.24, 2.45) is 0 Å². The number of likely N-dealkylation sites (N-methyl/N-ethyl adjacent to an activating group) is 1. The Morgan fingerprint density at radius 1 is 0.500 bits per heavy atom. The van der Waals surface area contributed by atoms with Gasteiger partial charge in [-0.1, -0.05) is 185 Å². The van der Waals surface area contributed by atoms with E-state index in [-0.39, 0.29) is 32.2 Å². The van der Waals surface area contributed by atoms with Gasteiger partial charge in [0.1, 0.15) is 13.2 Å². The number of aliphatic carboxylic acids is 1. The second-order valence-electron chi connectivity index (χ2n) is 17.8. The smallest absolute Gasteiger partial charge is 0.361 e. The van der Waals surface area contributed by atoms with Crippen molar-refractivity contribution >= 4 is 17.9 Å². The highest BCUT2D eigenvalue weighted by Gasteiger charge is 2.25. The molecule has 0 amide bonds. The number of allylic oxidation sites excluding steroid dienone is 6. The Morgan fingerprint density at radius 3 is 1.37 bits per heavy atom. The fraction of sp³-hybridized carbons (Fsp3) is 0.824. The average molecular weight is 849 g/mol. The number of hydrogen-bond acceptors (Lipinski definition) is 7. The van der Waals surface area contributed by atoms with E-state index in [0.717, 1.165) is 57.8 Å². The Balaban J connectivity index is 4.39. The maximum Gasteiger partial charge on any atom is 0.361 e. The topological polar surface area (TPSA) is 108 Å². The van der Waals surface area contributed by atoms with Crippen LogP contribution in [0.2, 0.25) is 0 Å². The Kier molecular flexibility index (Phi) is 41.4. The van der Waals surface area contributed by atoms with Crippen molar-refractivity contribution < 1.29 is 42.9 Å². The zero-order chi connectivity index (χ0) is 44.2. The van der Waals surface area contributed by atoms with E-state index in [1.807, 2.05) is 21.1 Å². The van der Waals surface area contributed by atoms with Crippen LogP contribution in [0.5, 0.6) is 0 Å². The molecule has 0 aliphatic carbocycles. The van der Waals surface area contributed by atoms with E-state index in [2.05, 4.69) is 50.3 Å². The summed E-state index contributed by atoms with van der Waals surface area (Å²) in [5, 5.41) is 9.66. The molecule has 9 nitrogen and oxygen atoms in total. The molecule has 2 atom stereocenters. The minimum absolute atomic E-state index is 0.185. The van der Waals surface area contributed by atoms with E-state index in [4.69, 9.17) is 18.9 Å². The molecule has 0 aliphatic rings. The van der Waals surface area contributed by atoms with E-state index in [1.165, 1.54) is 122 Å². The Morgan fingerprint density at radius 2 is 0.900 bits per heavy atom. The Bertz CT molecular complexity index is 1080. The molecular weight excluding hydrogens is 755 g/mol. The number of carboxylic acid groups (broad SMARTS) is 1.